The number of nitrogens with zero attached hydrogens (tertiary/aromatic N) is 3. The molecule has 2 aliphatic heterocycles. The van der Waals surface area contributed by atoms with Crippen molar-refractivity contribution in [2.45, 2.75) is 38.3 Å². The van der Waals surface area contributed by atoms with E-state index in [1.165, 1.54) is 15.8 Å². The summed E-state index contributed by atoms with van der Waals surface area (Å²) in [4.78, 5) is 39.8. The van der Waals surface area contributed by atoms with Crippen molar-refractivity contribution >= 4 is 11.7 Å². The van der Waals surface area contributed by atoms with E-state index in [-0.39, 0.29) is 22.8 Å². The molecule has 3 heterocycles. The van der Waals surface area contributed by atoms with Crippen LogP contribution in [0.3, 0.4) is 0 Å². The van der Waals surface area contributed by atoms with E-state index in [9.17, 15) is 32.7 Å². The van der Waals surface area contributed by atoms with Crippen molar-refractivity contribution in [1.29, 1.82) is 0 Å². The monoisotopic (exact) mass is 447 g/mol. The number of benzene rings is 1. The van der Waals surface area contributed by atoms with Gasteiger partial charge in [-0.25, -0.2) is 13.2 Å². The molecule has 1 aliphatic carbocycles. The third-order valence-corrected chi connectivity index (χ3v) is 6.83. The minimum Gasteiger partial charge on any atom is -0.502 e. The van der Waals surface area contributed by atoms with Crippen LogP contribution in [0, 0.1) is 22.9 Å². The lowest BCUT2D eigenvalue weighted by molar-refractivity contribution is 0.0652. The molecule has 3 aliphatic rings. The molecule has 1 saturated carbocycles. The third kappa shape index (κ3) is 3.00. The summed E-state index contributed by atoms with van der Waals surface area (Å²) >= 11 is 0. The van der Waals surface area contributed by atoms with Crippen LogP contribution in [0.25, 0.3) is 0 Å². The largest absolute Gasteiger partial charge is 0.502 e. The van der Waals surface area contributed by atoms with Crippen LogP contribution < -0.4 is 10.4 Å². The van der Waals surface area contributed by atoms with Crippen molar-refractivity contribution in [2.24, 2.45) is 5.41 Å². The molecule has 7 nitrogen and oxygen atoms in total. The van der Waals surface area contributed by atoms with Gasteiger partial charge in [0.25, 0.3) is 5.91 Å². The number of rotatable bonds is 4. The Morgan fingerprint density at radius 1 is 1.19 bits per heavy atom. The molecule has 1 aromatic carbocycles. The minimum atomic E-state index is -1.12. The average molecular weight is 447 g/mol. The Kier molecular flexibility index (Phi) is 4.41. The first-order valence-electron chi connectivity index (χ1n) is 10.3. The van der Waals surface area contributed by atoms with E-state index in [1.54, 1.807) is 7.05 Å². The van der Waals surface area contributed by atoms with Gasteiger partial charge in [-0.2, -0.15) is 0 Å². The van der Waals surface area contributed by atoms with Crippen LogP contribution >= 0.6 is 0 Å². The topological polar surface area (TPSA) is 82.9 Å². The van der Waals surface area contributed by atoms with Crippen LogP contribution in [-0.2, 0) is 6.42 Å². The van der Waals surface area contributed by atoms with Gasteiger partial charge in [-0.3, -0.25) is 24.1 Å². The van der Waals surface area contributed by atoms with Crippen molar-refractivity contribution < 1.29 is 27.9 Å². The number of carbonyl (C=O) groups excluding carboxylic acids is 2. The molecule has 168 valence electrons. The van der Waals surface area contributed by atoms with Crippen molar-refractivity contribution in [3.63, 3.8) is 0 Å². The number of aromatic hydroxyl groups is 1. The van der Waals surface area contributed by atoms with Gasteiger partial charge in [0.2, 0.25) is 5.43 Å². The molecule has 5 rings (SSSR count). The summed E-state index contributed by atoms with van der Waals surface area (Å²) < 4.78 is 42.3. The van der Waals surface area contributed by atoms with Gasteiger partial charge in [-0.15, -0.1) is 0 Å². The standard InChI is InChI=1S/C22H20F3N3O4/c1-26-17-8-22(4-5-22)10-28(17)27-9-13(19(30)20(31)18(27)21(26)32)16(29)3-2-12-14(24)6-11(23)7-15(12)25/h6-7,9,17,31H,2-5,8,10H2,1H3/t17-/m0/s1. The summed E-state index contributed by atoms with van der Waals surface area (Å²) in [5.74, 6) is -5.41. The van der Waals surface area contributed by atoms with E-state index in [1.807, 2.05) is 5.01 Å². The van der Waals surface area contributed by atoms with Crippen LogP contribution in [0.1, 0.15) is 52.1 Å². The molecule has 10 heteroatoms. The Morgan fingerprint density at radius 2 is 1.84 bits per heavy atom. The lowest BCUT2D eigenvalue weighted by Crippen LogP contribution is -2.57. The summed E-state index contributed by atoms with van der Waals surface area (Å²) in [5.41, 5.74) is -1.97. The fraction of sp³-hybridized carbons (Fsp3) is 0.409. The van der Waals surface area contributed by atoms with Crippen LogP contribution in [0.4, 0.5) is 13.2 Å². The van der Waals surface area contributed by atoms with Gasteiger partial charge in [-0.05, 0) is 31.1 Å². The lowest BCUT2D eigenvalue weighted by atomic mass is 10.0. The number of halogens is 3. The first-order valence-corrected chi connectivity index (χ1v) is 10.3. The number of hydrogen-bond donors (Lipinski definition) is 1. The van der Waals surface area contributed by atoms with E-state index >= 15 is 0 Å². The molecule has 1 saturated heterocycles. The molecule has 1 aromatic heterocycles. The number of fused-ring (bicyclic) bond motifs is 3. The highest BCUT2D eigenvalue weighted by Crippen LogP contribution is 2.55. The average Bonchev–Trinajstić information content (AvgIpc) is 3.36. The van der Waals surface area contributed by atoms with E-state index < -0.39 is 58.7 Å². The lowest BCUT2D eigenvalue weighted by Gasteiger charge is -2.41. The normalized spacial score (nSPS) is 20.5. The second-order valence-electron chi connectivity index (χ2n) is 8.88. The van der Waals surface area contributed by atoms with Crippen molar-refractivity contribution in [1.82, 2.24) is 9.58 Å². The highest BCUT2D eigenvalue weighted by Gasteiger charge is 2.56. The maximum atomic E-state index is 13.9. The second kappa shape index (κ2) is 6.85. The summed E-state index contributed by atoms with van der Waals surface area (Å²) in [6.45, 7) is 0.615. The molecule has 0 radical (unpaired) electrons. The summed E-state index contributed by atoms with van der Waals surface area (Å²) in [6, 6.07) is 1.04. The van der Waals surface area contributed by atoms with Gasteiger partial charge in [0, 0.05) is 43.9 Å². The smallest absolute Gasteiger partial charge is 0.277 e. The zero-order valence-electron chi connectivity index (χ0n) is 17.2. The molecular formula is C22H20F3N3O4. The zero-order valence-corrected chi connectivity index (χ0v) is 17.2. The fourth-order valence-corrected chi connectivity index (χ4v) is 4.78. The molecule has 1 spiro atoms. The van der Waals surface area contributed by atoms with Crippen LogP contribution in [0.5, 0.6) is 5.75 Å². The molecule has 1 amide bonds. The molecule has 1 atom stereocenters. The summed E-state index contributed by atoms with van der Waals surface area (Å²) in [6.07, 6.45) is 2.94. The SMILES string of the molecule is CN1C(=O)c2c(O)c(=O)c(C(=O)CCc3c(F)cc(F)cc3F)cn2N2CC3(CC3)C[C@@H]12. The van der Waals surface area contributed by atoms with Gasteiger partial charge in [0.05, 0.1) is 5.56 Å². The van der Waals surface area contributed by atoms with E-state index in [4.69, 9.17) is 0 Å². The number of aromatic nitrogens is 1. The Bertz CT molecular complexity index is 1210. The molecule has 2 aromatic rings. The molecule has 2 fully saturated rings. The van der Waals surface area contributed by atoms with Crippen molar-refractivity contribution in [3.05, 3.63) is 62.8 Å². The Balaban J connectivity index is 1.49. The minimum absolute atomic E-state index is 0.0847. The number of Topliss-reactive ketones (excluding diaryl/α,β-unsaturated/α-hetero) is 1. The first-order chi connectivity index (χ1) is 15.1. The maximum Gasteiger partial charge on any atom is 0.277 e. The molecule has 0 bridgehead atoms. The highest BCUT2D eigenvalue weighted by atomic mass is 19.1. The molecule has 1 N–H and O–H groups in total. The van der Waals surface area contributed by atoms with Crippen molar-refractivity contribution in [3.8, 4) is 5.75 Å². The van der Waals surface area contributed by atoms with Gasteiger partial charge in [0.15, 0.2) is 17.2 Å². The predicted molar refractivity (Wildman–Crippen MR) is 107 cm³/mol. The van der Waals surface area contributed by atoms with Crippen molar-refractivity contribution in [2.75, 3.05) is 18.6 Å². The van der Waals surface area contributed by atoms with E-state index in [0.29, 0.717) is 18.7 Å². The van der Waals surface area contributed by atoms with E-state index in [2.05, 4.69) is 0 Å². The summed E-state index contributed by atoms with van der Waals surface area (Å²) in [5, 5.41) is 12.4. The summed E-state index contributed by atoms with van der Waals surface area (Å²) in [7, 11) is 1.61. The Hall–Kier alpha value is -3.30. The highest BCUT2D eigenvalue weighted by molar-refractivity contribution is 6.00. The molecule has 32 heavy (non-hydrogen) atoms. The number of ketones is 1. The quantitative estimate of drug-likeness (QED) is 0.728. The Morgan fingerprint density at radius 3 is 2.47 bits per heavy atom. The van der Waals surface area contributed by atoms with Crippen LogP contribution in [0.15, 0.2) is 23.1 Å². The third-order valence-electron chi connectivity index (χ3n) is 6.83. The number of carbonyl (C=O) groups is 2. The van der Waals surface area contributed by atoms with Gasteiger partial charge in [-0.1, -0.05) is 0 Å². The second-order valence-corrected chi connectivity index (χ2v) is 8.88. The number of amides is 1. The number of hydrogen-bond acceptors (Lipinski definition) is 5. The first kappa shape index (κ1) is 20.6. The predicted octanol–water partition coefficient (Wildman–Crippen LogP) is 2.32. The molecule has 0 unspecified atom stereocenters. The maximum absolute atomic E-state index is 13.9. The van der Waals surface area contributed by atoms with Crippen LogP contribution in [-0.4, -0.2) is 46.1 Å². The Labute approximate surface area is 180 Å². The van der Waals surface area contributed by atoms with E-state index in [0.717, 1.165) is 19.3 Å². The van der Waals surface area contributed by atoms with Gasteiger partial charge < -0.3 is 10.0 Å². The van der Waals surface area contributed by atoms with Gasteiger partial charge >= 0.3 is 0 Å². The van der Waals surface area contributed by atoms with Gasteiger partial charge in [0.1, 0.15) is 23.6 Å². The fourth-order valence-electron chi connectivity index (χ4n) is 4.78. The zero-order chi connectivity index (χ0) is 22.9. The number of pyridine rings is 1. The molecular weight excluding hydrogens is 427 g/mol. The van der Waals surface area contributed by atoms with Crippen LogP contribution in [0.2, 0.25) is 0 Å².